The zero-order valence-corrected chi connectivity index (χ0v) is 18.9. The molecule has 0 radical (unpaired) electrons. The second-order valence-electron chi connectivity index (χ2n) is 7.19. The standard InChI is InChI=1S/C24H32N2O3S/c1-4-26(16-20-7-5-9-23(15-20)28-3)24-25-21(18-30-24)17-29-14-6-8-19-10-12-22(27-2)13-11-19/h5,7,9-13,15,18,24-25H,4,6,8,14,16-17H2,1-3H3. The van der Waals surface area contributed by atoms with Gasteiger partial charge in [-0.1, -0.05) is 43.0 Å². The molecule has 1 unspecified atom stereocenters. The third-order valence-electron chi connectivity index (χ3n) is 5.08. The number of benzene rings is 2. The molecular formula is C24H32N2O3S. The number of thioether (sulfide) groups is 1. The zero-order chi connectivity index (χ0) is 21.2. The molecule has 0 fully saturated rings. The highest BCUT2D eigenvalue weighted by molar-refractivity contribution is 8.02. The predicted molar refractivity (Wildman–Crippen MR) is 124 cm³/mol. The molecule has 0 aromatic heterocycles. The van der Waals surface area contributed by atoms with Crippen molar-refractivity contribution in [1.29, 1.82) is 0 Å². The Bertz CT molecular complexity index is 810. The van der Waals surface area contributed by atoms with Gasteiger partial charge in [-0.15, -0.1) is 0 Å². The number of nitrogens with one attached hydrogen (secondary N) is 1. The van der Waals surface area contributed by atoms with Crippen molar-refractivity contribution in [3.63, 3.8) is 0 Å². The van der Waals surface area contributed by atoms with Crippen LogP contribution in [0.15, 0.2) is 59.6 Å². The summed E-state index contributed by atoms with van der Waals surface area (Å²) >= 11 is 1.81. The van der Waals surface area contributed by atoms with Crippen molar-refractivity contribution in [3.8, 4) is 11.5 Å². The number of methoxy groups -OCH3 is 2. The van der Waals surface area contributed by atoms with E-state index in [1.165, 1.54) is 11.1 Å². The van der Waals surface area contributed by atoms with Crippen LogP contribution in [0.5, 0.6) is 11.5 Å². The molecule has 2 aromatic carbocycles. The number of nitrogens with zero attached hydrogens (tertiary/aromatic N) is 1. The minimum atomic E-state index is 0.235. The van der Waals surface area contributed by atoms with Gasteiger partial charge in [0.25, 0.3) is 0 Å². The maximum atomic E-state index is 5.89. The van der Waals surface area contributed by atoms with Crippen molar-refractivity contribution in [2.45, 2.75) is 31.8 Å². The first kappa shape index (κ1) is 22.5. The predicted octanol–water partition coefficient (Wildman–Crippen LogP) is 4.64. The van der Waals surface area contributed by atoms with Crippen LogP contribution in [-0.4, -0.2) is 44.4 Å². The monoisotopic (exact) mass is 428 g/mol. The average Bonchev–Trinajstić information content (AvgIpc) is 3.26. The maximum absolute atomic E-state index is 5.89. The largest absolute Gasteiger partial charge is 0.497 e. The molecular weight excluding hydrogens is 396 g/mol. The molecule has 0 saturated carbocycles. The van der Waals surface area contributed by atoms with Gasteiger partial charge < -0.3 is 19.5 Å². The van der Waals surface area contributed by atoms with Gasteiger partial charge in [-0.25, -0.2) is 0 Å². The summed E-state index contributed by atoms with van der Waals surface area (Å²) < 4.78 is 16.4. The molecule has 1 atom stereocenters. The van der Waals surface area contributed by atoms with Crippen LogP contribution in [0, 0.1) is 0 Å². The summed E-state index contributed by atoms with van der Waals surface area (Å²) in [5, 5.41) is 5.77. The lowest BCUT2D eigenvalue weighted by atomic mass is 10.1. The van der Waals surface area contributed by atoms with E-state index in [9.17, 15) is 0 Å². The molecule has 162 valence electrons. The van der Waals surface area contributed by atoms with Gasteiger partial charge in [-0.05, 0) is 60.2 Å². The molecule has 1 N–H and O–H groups in total. The van der Waals surface area contributed by atoms with Crippen molar-refractivity contribution in [1.82, 2.24) is 10.2 Å². The highest BCUT2D eigenvalue weighted by Gasteiger charge is 2.22. The van der Waals surface area contributed by atoms with Crippen LogP contribution in [0.4, 0.5) is 0 Å². The summed E-state index contributed by atoms with van der Waals surface area (Å²) in [6.07, 6.45) is 2.02. The van der Waals surface area contributed by atoms with E-state index in [0.29, 0.717) is 6.61 Å². The summed E-state index contributed by atoms with van der Waals surface area (Å²) in [6.45, 7) is 5.41. The van der Waals surface area contributed by atoms with Crippen molar-refractivity contribution >= 4 is 11.8 Å². The summed E-state index contributed by atoms with van der Waals surface area (Å²) in [6, 6.07) is 16.5. The van der Waals surface area contributed by atoms with E-state index >= 15 is 0 Å². The average molecular weight is 429 g/mol. The zero-order valence-electron chi connectivity index (χ0n) is 18.1. The van der Waals surface area contributed by atoms with Crippen molar-refractivity contribution in [2.75, 3.05) is 34.0 Å². The van der Waals surface area contributed by atoms with Gasteiger partial charge in [0, 0.05) is 18.8 Å². The Kier molecular flexibility index (Phi) is 8.93. The summed E-state index contributed by atoms with van der Waals surface area (Å²) in [5.74, 6) is 1.80. The van der Waals surface area contributed by atoms with Gasteiger partial charge in [0.1, 0.15) is 17.0 Å². The molecule has 30 heavy (non-hydrogen) atoms. The van der Waals surface area contributed by atoms with Gasteiger partial charge >= 0.3 is 0 Å². The first-order valence-corrected chi connectivity index (χ1v) is 11.3. The Morgan fingerprint density at radius 3 is 2.53 bits per heavy atom. The van der Waals surface area contributed by atoms with Gasteiger partial charge in [-0.2, -0.15) is 0 Å². The lowest BCUT2D eigenvalue weighted by Crippen LogP contribution is -2.40. The van der Waals surface area contributed by atoms with Crippen LogP contribution >= 0.6 is 11.8 Å². The Morgan fingerprint density at radius 2 is 1.80 bits per heavy atom. The molecule has 6 heteroatoms. The number of hydrogen-bond donors (Lipinski definition) is 1. The number of hydrogen-bond acceptors (Lipinski definition) is 6. The van der Waals surface area contributed by atoms with Crippen molar-refractivity contribution in [2.24, 2.45) is 0 Å². The molecule has 0 bridgehead atoms. The smallest absolute Gasteiger partial charge is 0.132 e. The van der Waals surface area contributed by atoms with Crippen LogP contribution in [0.2, 0.25) is 0 Å². The summed E-state index contributed by atoms with van der Waals surface area (Å²) in [5.41, 5.74) is 3.95. The Hall–Kier alpha value is -2.15. The van der Waals surface area contributed by atoms with E-state index in [1.54, 1.807) is 26.0 Å². The maximum Gasteiger partial charge on any atom is 0.132 e. The molecule has 1 aliphatic heterocycles. The normalized spacial score (nSPS) is 15.7. The highest BCUT2D eigenvalue weighted by atomic mass is 32.2. The van der Waals surface area contributed by atoms with Gasteiger partial charge in [-0.3, -0.25) is 4.90 Å². The van der Waals surface area contributed by atoms with E-state index in [0.717, 1.165) is 49.7 Å². The van der Waals surface area contributed by atoms with E-state index in [1.807, 2.05) is 24.3 Å². The van der Waals surface area contributed by atoms with E-state index < -0.39 is 0 Å². The van der Waals surface area contributed by atoms with Crippen LogP contribution < -0.4 is 14.8 Å². The summed E-state index contributed by atoms with van der Waals surface area (Å²) in [7, 11) is 3.40. The molecule has 1 heterocycles. The number of rotatable bonds is 12. The highest BCUT2D eigenvalue weighted by Crippen LogP contribution is 2.26. The molecule has 0 saturated heterocycles. The molecule has 0 spiro atoms. The quantitative estimate of drug-likeness (QED) is 0.497. The van der Waals surface area contributed by atoms with Gasteiger partial charge in [0.05, 0.1) is 20.8 Å². The second-order valence-corrected chi connectivity index (χ2v) is 8.15. The molecule has 5 nitrogen and oxygen atoms in total. The lowest BCUT2D eigenvalue weighted by molar-refractivity contribution is 0.145. The second kappa shape index (κ2) is 11.9. The minimum absolute atomic E-state index is 0.235. The third kappa shape index (κ3) is 6.69. The molecule has 0 aliphatic carbocycles. The third-order valence-corrected chi connectivity index (χ3v) is 6.17. The molecule has 1 aliphatic rings. The molecule has 0 amide bonds. The Balaban J connectivity index is 1.36. The van der Waals surface area contributed by atoms with Crippen molar-refractivity contribution < 1.29 is 14.2 Å². The Labute approximate surface area is 184 Å². The fourth-order valence-corrected chi connectivity index (χ4v) is 4.39. The van der Waals surface area contributed by atoms with Crippen LogP contribution in [0.1, 0.15) is 24.5 Å². The molecule has 3 rings (SSSR count). The van der Waals surface area contributed by atoms with Crippen LogP contribution in [0.25, 0.3) is 0 Å². The first-order chi connectivity index (χ1) is 14.7. The first-order valence-electron chi connectivity index (χ1n) is 10.4. The van der Waals surface area contributed by atoms with E-state index in [4.69, 9.17) is 14.2 Å². The fraction of sp³-hybridized carbons (Fsp3) is 0.417. The van der Waals surface area contributed by atoms with Crippen LogP contribution in [-0.2, 0) is 17.7 Å². The number of aryl methyl sites for hydroxylation is 1. The fourth-order valence-electron chi connectivity index (χ4n) is 3.34. The topological polar surface area (TPSA) is 43.0 Å². The van der Waals surface area contributed by atoms with Gasteiger partial charge in [0.2, 0.25) is 0 Å². The minimum Gasteiger partial charge on any atom is -0.497 e. The Morgan fingerprint density at radius 1 is 1.00 bits per heavy atom. The number of ether oxygens (including phenoxy) is 3. The van der Waals surface area contributed by atoms with E-state index in [-0.39, 0.29) is 5.50 Å². The van der Waals surface area contributed by atoms with Gasteiger partial charge in [0.15, 0.2) is 0 Å². The van der Waals surface area contributed by atoms with Crippen molar-refractivity contribution in [3.05, 3.63) is 70.8 Å². The van der Waals surface area contributed by atoms with Crippen LogP contribution in [0.3, 0.4) is 0 Å². The SMILES string of the molecule is CCN(Cc1cccc(OC)c1)C1NC(COCCCc2ccc(OC)cc2)=CS1. The molecule has 2 aromatic rings. The summed E-state index contributed by atoms with van der Waals surface area (Å²) in [4.78, 5) is 2.41. The van der Waals surface area contributed by atoms with E-state index in [2.05, 4.69) is 46.8 Å². The lowest BCUT2D eigenvalue weighted by Gasteiger charge is -2.28.